The fraction of sp³-hybridized carbons (Fsp3) is 0.889. The van der Waals surface area contributed by atoms with E-state index in [0.717, 1.165) is 19.5 Å². The molecule has 4 nitrogen and oxygen atoms in total. The molecule has 1 fully saturated rings. The molecule has 13 heavy (non-hydrogen) atoms. The van der Waals surface area contributed by atoms with Crippen molar-refractivity contribution in [2.45, 2.75) is 19.4 Å². The molecular weight excluding hydrogens is 168 g/mol. The number of carbonyl (C=O) groups is 1. The van der Waals surface area contributed by atoms with Crippen LogP contribution in [0.1, 0.15) is 13.3 Å². The van der Waals surface area contributed by atoms with Crippen LogP contribution in [-0.2, 0) is 4.79 Å². The first-order valence-electron chi connectivity index (χ1n) is 4.73. The minimum Gasteiger partial charge on any atom is -0.394 e. The molecular formula is C9H18N2O2. The molecule has 2 atom stereocenters. The first kappa shape index (κ1) is 10.5. The summed E-state index contributed by atoms with van der Waals surface area (Å²) in [7, 11) is 2.02. The van der Waals surface area contributed by atoms with Gasteiger partial charge in [0.25, 0.3) is 0 Å². The lowest BCUT2D eigenvalue weighted by Crippen LogP contribution is -2.39. The Morgan fingerprint density at radius 2 is 2.46 bits per heavy atom. The fourth-order valence-corrected chi connectivity index (χ4v) is 1.56. The summed E-state index contributed by atoms with van der Waals surface area (Å²) in [6.07, 6.45) is 0.931. The van der Waals surface area contributed by atoms with Crippen molar-refractivity contribution in [1.82, 2.24) is 10.2 Å². The Morgan fingerprint density at radius 1 is 1.77 bits per heavy atom. The number of rotatable bonds is 3. The van der Waals surface area contributed by atoms with Gasteiger partial charge in [0.15, 0.2) is 0 Å². The van der Waals surface area contributed by atoms with Gasteiger partial charge >= 0.3 is 0 Å². The van der Waals surface area contributed by atoms with Crippen LogP contribution < -0.4 is 5.32 Å². The second-order valence-corrected chi connectivity index (χ2v) is 3.84. The molecule has 76 valence electrons. The van der Waals surface area contributed by atoms with E-state index in [-0.39, 0.29) is 24.5 Å². The van der Waals surface area contributed by atoms with Crippen LogP contribution in [0, 0.1) is 5.92 Å². The average Bonchev–Trinajstić information content (AvgIpc) is 2.51. The third kappa shape index (κ3) is 2.97. The Labute approximate surface area is 78.9 Å². The van der Waals surface area contributed by atoms with Crippen molar-refractivity contribution in [3.05, 3.63) is 0 Å². The van der Waals surface area contributed by atoms with Crippen LogP contribution in [0.15, 0.2) is 0 Å². The molecule has 0 saturated carbocycles. The number of aliphatic hydroxyl groups is 1. The van der Waals surface area contributed by atoms with Crippen molar-refractivity contribution >= 4 is 5.91 Å². The zero-order valence-electron chi connectivity index (χ0n) is 8.29. The van der Waals surface area contributed by atoms with E-state index in [2.05, 4.69) is 10.2 Å². The van der Waals surface area contributed by atoms with Crippen LogP contribution in [0.3, 0.4) is 0 Å². The molecule has 1 aliphatic rings. The molecule has 0 bridgehead atoms. The summed E-state index contributed by atoms with van der Waals surface area (Å²) in [5.41, 5.74) is 0. The van der Waals surface area contributed by atoms with Crippen molar-refractivity contribution in [1.29, 1.82) is 0 Å². The van der Waals surface area contributed by atoms with Gasteiger partial charge in [0.05, 0.1) is 12.5 Å². The summed E-state index contributed by atoms with van der Waals surface area (Å²) in [6, 6.07) is -0.126. The van der Waals surface area contributed by atoms with Crippen LogP contribution in [0.4, 0.5) is 0 Å². The standard InChI is InChI=1S/C9H18N2O2/c1-7(6-12)10-9(13)8-3-4-11(2)5-8/h7-8,12H,3-6H2,1-2H3,(H,10,13)/t7-,8?/m0/s1. The van der Waals surface area contributed by atoms with Gasteiger partial charge in [0.1, 0.15) is 0 Å². The summed E-state index contributed by atoms with van der Waals surface area (Å²) in [6.45, 7) is 3.64. The first-order chi connectivity index (χ1) is 6.13. The van der Waals surface area contributed by atoms with Gasteiger partial charge in [-0.2, -0.15) is 0 Å². The highest BCUT2D eigenvalue weighted by Gasteiger charge is 2.26. The molecule has 0 radical (unpaired) electrons. The van der Waals surface area contributed by atoms with Gasteiger partial charge in [-0.3, -0.25) is 4.79 Å². The first-order valence-corrected chi connectivity index (χ1v) is 4.73. The highest BCUT2D eigenvalue weighted by molar-refractivity contribution is 5.79. The van der Waals surface area contributed by atoms with Crippen molar-refractivity contribution in [3.8, 4) is 0 Å². The van der Waals surface area contributed by atoms with E-state index in [1.807, 2.05) is 7.05 Å². The van der Waals surface area contributed by atoms with E-state index >= 15 is 0 Å². The Kier molecular flexibility index (Phi) is 3.69. The predicted molar refractivity (Wildman–Crippen MR) is 50.3 cm³/mol. The smallest absolute Gasteiger partial charge is 0.224 e. The molecule has 0 aliphatic carbocycles. The SMILES string of the molecule is C[C@@H](CO)NC(=O)C1CCN(C)C1. The molecule has 2 N–H and O–H groups in total. The van der Waals surface area contributed by atoms with Crippen molar-refractivity contribution in [2.24, 2.45) is 5.92 Å². The molecule has 1 saturated heterocycles. The maximum Gasteiger partial charge on any atom is 0.224 e. The number of likely N-dealkylation sites (tertiary alicyclic amines) is 1. The summed E-state index contributed by atoms with van der Waals surface area (Å²) in [5.74, 6) is 0.185. The van der Waals surface area contributed by atoms with Crippen molar-refractivity contribution in [3.63, 3.8) is 0 Å². The van der Waals surface area contributed by atoms with Crippen molar-refractivity contribution < 1.29 is 9.90 Å². The molecule has 0 aromatic heterocycles. The van der Waals surface area contributed by atoms with Gasteiger partial charge in [-0.1, -0.05) is 0 Å². The van der Waals surface area contributed by atoms with E-state index in [1.165, 1.54) is 0 Å². The van der Waals surface area contributed by atoms with Crippen LogP contribution >= 0.6 is 0 Å². The van der Waals surface area contributed by atoms with Gasteiger partial charge in [-0.25, -0.2) is 0 Å². The highest BCUT2D eigenvalue weighted by Crippen LogP contribution is 2.14. The molecule has 1 unspecified atom stereocenters. The Morgan fingerprint density at radius 3 is 2.92 bits per heavy atom. The number of amides is 1. The maximum absolute atomic E-state index is 11.5. The fourth-order valence-electron chi connectivity index (χ4n) is 1.56. The quantitative estimate of drug-likeness (QED) is 0.621. The normalized spacial score (nSPS) is 25.9. The number of hydrogen-bond acceptors (Lipinski definition) is 3. The predicted octanol–water partition coefficient (Wildman–Crippen LogP) is -0.565. The summed E-state index contributed by atoms with van der Waals surface area (Å²) >= 11 is 0. The largest absolute Gasteiger partial charge is 0.394 e. The molecule has 0 aromatic carbocycles. The second-order valence-electron chi connectivity index (χ2n) is 3.84. The Hall–Kier alpha value is -0.610. The number of aliphatic hydroxyl groups excluding tert-OH is 1. The van der Waals surface area contributed by atoms with Gasteiger partial charge in [-0.15, -0.1) is 0 Å². The third-order valence-corrected chi connectivity index (χ3v) is 2.42. The summed E-state index contributed by atoms with van der Waals surface area (Å²) < 4.78 is 0. The van der Waals surface area contributed by atoms with Gasteiger partial charge in [-0.05, 0) is 26.9 Å². The van der Waals surface area contributed by atoms with Gasteiger partial charge in [0.2, 0.25) is 5.91 Å². The average molecular weight is 186 g/mol. The minimum atomic E-state index is -0.126. The zero-order valence-corrected chi connectivity index (χ0v) is 8.29. The molecule has 0 aromatic rings. The number of nitrogens with one attached hydrogen (secondary N) is 1. The summed E-state index contributed by atoms with van der Waals surface area (Å²) in [5, 5.41) is 11.5. The molecule has 1 aliphatic heterocycles. The Bertz CT molecular complexity index is 184. The van der Waals surface area contributed by atoms with E-state index in [4.69, 9.17) is 5.11 Å². The number of nitrogens with zero attached hydrogens (tertiary/aromatic N) is 1. The van der Waals surface area contributed by atoms with Crippen LogP contribution in [-0.4, -0.2) is 48.7 Å². The molecule has 1 rings (SSSR count). The lowest BCUT2D eigenvalue weighted by Gasteiger charge is -2.14. The number of carbonyl (C=O) groups excluding carboxylic acids is 1. The summed E-state index contributed by atoms with van der Waals surface area (Å²) in [4.78, 5) is 13.7. The molecule has 1 amide bonds. The lowest BCUT2D eigenvalue weighted by molar-refractivity contribution is -0.125. The Balaban J connectivity index is 2.31. The lowest BCUT2D eigenvalue weighted by atomic mass is 10.1. The second kappa shape index (κ2) is 4.58. The van der Waals surface area contributed by atoms with Crippen LogP contribution in [0.25, 0.3) is 0 Å². The minimum absolute atomic E-state index is 0.00823. The van der Waals surface area contributed by atoms with Gasteiger partial charge < -0.3 is 15.3 Å². The monoisotopic (exact) mass is 186 g/mol. The van der Waals surface area contributed by atoms with Crippen molar-refractivity contribution in [2.75, 3.05) is 26.7 Å². The van der Waals surface area contributed by atoms with E-state index in [1.54, 1.807) is 6.92 Å². The third-order valence-electron chi connectivity index (χ3n) is 2.42. The molecule has 1 heterocycles. The highest BCUT2D eigenvalue weighted by atomic mass is 16.3. The van der Waals surface area contributed by atoms with Crippen LogP contribution in [0.5, 0.6) is 0 Å². The molecule has 0 spiro atoms. The molecule has 4 heteroatoms. The maximum atomic E-state index is 11.5. The van der Waals surface area contributed by atoms with E-state index < -0.39 is 0 Å². The van der Waals surface area contributed by atoms with E-state index in [9.17, 15) is 4.79 Å². The van der Waals surface area contributed by atoms with Gasteiger partial charge in [0, 0.05) is 12.6 Å². The van der Waals surface area contributed by atoms with Crippen LogP contribution in [0.2, 0.25) is 0 Å². The zero-order chi connectivity index (χ0) is 9.84. The van der Waals surface area contributed by atoms with E-state index in [0.29, 0.717) is 0 Å². The number of hydrogen-bond donors (Lipinski definition) is 2. The topological polar surface area (TPSA) is 52.6 Å².